The Morgan fingerprint density at radius 3 is 2.54 bits per heavy atom. The van der Waals surface area contributed by atoms with Crippen molar-refractivity contribution in [1.29, 1.82) is 0 Å². The second-order valence-electron chi connectivity index (χ2n) is 5.99. The van der Waals surface area contributed by atoms with E-state index in [1.807, 2.05) is 18.2 Å². The predicted octanol–water partition coefficient (Wildman–Crippen LogP) is 3.69. The van der Waals surface area contributed by atoms with Gasteiger partial charge in [0.1, 0.15) is 11.3 Å². The van der Waals surface area contributed by atoms with Gasteiger partial charge in [-0.3, -0.25) is 14.4 Å². The van der Waals surface area contributed by atoms with Gasteiger partial charge in [-0.2, -0.15) is 0 Å². The fraction of sp³-hybridized carbons (Fsp3) is 0.200. The summed E-state index contributed by atoms with van der Waals surface area (Å²) in [5.41, 5.74) is 2.33. The Labute approximate surface area is 165 Å². The Morgan fingerprint density at radius 1 is 1.14 bits per heavy atom. The monoisotopic (exact) mass is 398 g/mol. The first-order chi connectivity index (χ1) is 13.4. The lowest BCUT2D eigenvalue weighted by Crippen LogP contribution is -2.25. The lowest BCUT2D eigenvalue weighted by Gasteiger charge is -2.12. The molecule has 0 aliphatic heterocycles. The van der Waals surface area contributed by atoms with E-state index in [1.54, 1.807) is 30.3 Å². The number of anilines is 1. The highest BCUT2D eigenvalue weighted by molar-refractivity contribution is 7.99. The Bertz CT molecular complexity index is 980. The van der Waals surface area contributed by atoms with E-state index in [4.69, 9.17) is 9.15 Å². The van der Waals surface area contributed by atoms with Gasteiger partial charge < -0.3 is 14.5 Å². The van der Waals surface area contributed by atoms with Crippen molar-refractivity contribution in [2.75, 3.05) is 11.1 Å². The molecule has 1 aromatic heterocycles. The highest BCUT2D eigenvalue weighted by Gasteiger charge is 2.20. The number of benzene rings is 2. The molecule has 1 N–H and O–H groups in total. The van der Waals surface area contributed by atoms with Crippen molar-refractivity contribution in [3.63, 3.8) is 0 Å². The minimum Gasteiger partial charge on any atom is -0.454 e. The second kappa shape index (κ2) is 8.71. The van der Waals surface area contributed by atoms with Crippen LogP contribution in [0.2, 0.25) is 0 Å². The smallest absolute Gasteiger partial charge is 0.317 e. The van der Waals surface area contributed by atoms with Gasteiger partial charge in [0.25, 0.3) is 5.22 Å². The van der Waals surface area contributed by atoms with Crippen LogP contribution in [0.1, 0.15) is 24.2 Å². The van der Waals surface area contributed by atoms with E-state index in [2.05, 4.69) is 10.3 Å². The molecule has 0 spiro atoms. The molecule has 144 valence electrons. The Balaban J connectivity index is 1.52. The number of thioether (sulfide) groups is 1. The molecule has 0 aliphatic rings. The zero-order chi connectivity index (χ0) is 20.1. The summed E-state index contributed by atoms with van der Waals surface area (Å²) in [6.07, 6.45) is -0.927. The zero-order valence-electron chi connectivity index (χ0n) is 15.3. The summed E-state index contributed by atoms with van der Waals surface area (Å²) in [7, 11) is 0. The maximum atomic E-state index is 12.4. The number of aromatic nitrogens is 1. The fourth-order valence-corrected chi connectivity index (χ4v) is 3.09. The minimum atomic E-state index is -0.927. The van der Waals surface area contributed by atoms with Crippen molar-refractivity contribution in [2.24, 2.45) is 0 Å². The number of rotatable bonds is 7. The van der Waals surface area contributed by atoms with Crippen molar-refractivity contribution in [1.82, 2.24) is 4.98 Å². The van der Waals surface area contributed by atoms with Gasteiger partial charge in [0.05, 0.1) is 0 Å². The molecule has 0 bridgehead atoms. The number of oxazole rings is 1. The molecule has 1 amide bonds. The SMILES string of the molecule is CC(=O)Nc1ccc(C(=O)[C@@H](C)OC(=O)CSc2nc3ccccc3o2)cc1. The summed E-state index contributed by atoms with van der Waals surface area (Å²) < 4.78 is 10.7. The zero-order valence-corrected chi connectivity index (χ0v) is 16.1. The molecule has 0 unspecified atom stereocenters. The second-order valence-corrected chi connectivity index (χ2v) is 6.92. The van der Waals surface area contributed by atoms with Crippen LogP contribution in [0.15, 0.2) is 58.2 Å². The standard InChI is InChI=1S/C20H18N2O5S/c1-12(19(25)14-7-9-15(10-8-14)21-13(2)23)26-18(24)11-28-20-22-16-5-3-4-6-17(16)27-20/h3-10,12H,11H2,1-2H3,(H,21,23)/t12-/m1/s1. The van der Waals surface area contributed by atoms with Crippen molar-refractivity contribution in [3.05, 3.63) is 54.1 Å². The van der Waals surface area contributed by atoms with Crippen LogP contribution in [0.25, 0.3) is 11.1 Å². The van der Waals surface area contributed by atoms with Crippen LogP contribution >= 0.6 is 11.8 Å². The maximum absolute atomic E-state index is 12.4. The molecule has 0 radical (unpaired) electrons. The molecular weight excluding hydrogens is 380 g/mol. The first-order valence-corrected chi connectivity index (χ1v) is 9.50. The summed E-state index contributed by atoms with van der Waals surface area (Å²) in [5.74, 6) is -1.08. The number of nitrogens with one attached hydrogen (secondary N) is 1. The number of hydrogen-bond acceptors (Lipinski definition) is 7. The molecule has 28 heavy (non-hydrogen) atoms. The average molecular weight is 398 g/mol. The molecule has 7 nitrogen and oxygen atoms in total. The van der Waals surface area contributed by atoms with Gasteiger partial charge in [0, 0.05) is 18.2 Å². The normalized spacial score (nSPS) is 11.8. The number of fused-ring (bicyclic) bond motifs is 1. The van der Waals surface area contributed by atoms with E-state index < -0.39 is 12.1 Å². The largest absolute Gasteiger partial charge is 0.454 e. The molecule has 1 heterocycles. The van der Waals surface area contributed by atoms with Gasteiger partial charge in [-0.15, -0.1) is 0 Å². The van der Waals surface area contributed by atoms with Crippen molar-refractivity contribution < 1.29 is 23.5 Å². The van der Waals surface area contributed by atoms with Gasteiger partial charge in [-0.25, -0.2) is 4.98 Å². The topological polar surface area (TPSA) is 98.5 Å². The Kier molecular flexibility index (Phi) is 6.10. The van der Waals surface area contributed by atoms with Crippen LogP contribution in [0, 0.1) is 0 Å². The van der Waals surface area contributed by atoms with Gasteiger partial charge in [0.15, 0.2) is 11.7 Å². The molecule has 0 fully saturated rings. The first-order valence-electron chi connectivity index (χ1n) is 8.52. The van der Waals surface area contributed by atoms with Crippen molar-refractivity contribution in [3.8, 4) is 0 Å². The van der Waals surface area contributed by atoms with Crippen LogP contribution in [-0.4, -0.2) is 34.5 Å². The number of carbonyl (C=O) groups is 3. The van der Waals surface area contributed by atoms with Crippen LogP contribution in [0.4, 0.5) is 5.69 Å². The van der Waals surface area contributed by atoms with E-state index in [0.717, 1.165) is 11.8 Å². The molecule has 1 atom stereocenters. The molecule has 0 saturated carbocycles. The molecule has 8 heteroatoms. The number of para-hydroxylation sites is 2. The first kappa shape index (κ1) is 19.6. The predicted molar refractivity (Wildman–Crippen MR) is 105 cm³/mol. The number of amides is 1. The van der Waals surface area contributed by atoms with E-state index in [1.165, 1.54) is 13.8 Å². The van der Waals surface area contributed by atoms with Gasteiger partial charge in [-0.05, 0) is 43.3 Å². The summed E-state index contributed by atoms with van der Waals surface area (Å²) >= 11 is 1.11. The van der Waals surface area contributed by atoms with Gasteiger partial charge >= 0.3 is 5.97 Å². The van der Waals surface area contributed by atoms with Gasteiger partial charge in [0.2, 0.25) is 11.7 Å². The number of esters is 1. The molecule has 3 rings (SSSR count). The number of ketones is 1. The third-order valence-electron chi connectivity index (χ3n) is 3.75. The molecule has 3 aromatic rings. The van der Waals surface area contributed by atoms with Gasteiger partial charge in [-0.1, -0.05) is 23.9 Å². The number of nitrogens with zero attached hydrogens (tertiary/aromatic N) is 1. The van der Waals surface area contributed by atoms with Crippen LogP contribution in [0.5, 0.6) is 0 Å². The summed E-state index contributed by atoms with van der Waals surface area (Å²) in [5, 5.41) is 2.99. The summed E-state index contributed by atoms with van der Waals surface area (Å²) in [6, 6.07) is 13.7. The van der Waals surface area contributed by atoms with Crippen LogP contribution < -0.4 is 5.32 Å². The third-order valence-corrected chi connectivity index (χ3v) is 4.56. The molecule has 2 aromatic carbocycles. The Morgan fingerprint density at radius 2 is 1.86 bits per heavy atom. The lowest BCUT2D eigenvalue weighted by molar-refractivity contribution is -0.143. The lowest BCUT2D eigenvalue weighted by atomic mass is 10.1. The highest BCUT2D eigenvalue weighted by Crippen LogP contribution is 2.23. The summed E-state index contributed by atoms with van der Waals surface area (Å²) in [4.78, 5) is 39.7. The quantitative estimate of drug-likeness (QED) is 0.368. The number of hydrogen-bond donors (Lipinski definition) is 1. The number of ether oxygens (including phenoxy) is 1. The van der Waals surface area contributed by atoms with E-state index >= 15 is 0 Å². The average Bonchev–Trinajstić information content (AvgIpc) is 3.09. The Hall–Kier alpha value is -3.13. The number of carbonyl (C=O) groups excluding carboxylic acids is 3. The minimum absolute atomic E-state index is 0.0219. The number of Topliss-reactive ketones (excluding diaryl/α,β-unsaturated/α-hetero) is 1. The summed E-state index contributed by atoms with van der Waals surface area (Å²) in [6.45, 7) is 2.92. The highest BCUT2D eigenvalue weighted by atomic mass is 32.2. The van der Waals surface area contributed by atoms with Crippen molar-refractivity contribution >= 4 is 46.2 Å². The van der Waals surface area contributed by atoms with E-state index in [0.29, 0.717) is 27.6 Å². The fourth-order valence-electron chi connectivity index (χ4n) is 2.47. The molecule has 0 aliphatic carbocycles. The van der Waals surface area contributed by atoms with Crippen LogP contribution in [-0.2, 0) is 14.3 Å². The maximum Gasteiger partial charge on any atom is 0.317 e. The van der Waals surface area contributed by atoms with Crippen LogP contribution in [0.3, 0.4) is 0 Å². The third kappa shape index (κ3) is 4.98. The molecule has 0 saturated heterocycles. The molecular formula is C20H18N2O5S. The van der Waals surface area contributed by atoms with E-state index in [9.17, 15) is 14.4 Å². The van der Waals surface area contributed by atoms with E-state index in [-0.39, 0.29) is 17.4 Å². The van der Waals surface area contributed by atoms with Crippen molar-refractivity contribution in [2.45, 2.75) is 25.2 Å².